The van der Waals surface area contributed by atoms with Crippen LogP contribution in [0.15, 0.2) is 12.1 Å². The first kappa shape index (κ1) is 31.5. The largest absolute Gasteiger partial charge is 0.490 e. The SMILES string of the molecule is Cc1nc2c(cc(/C=C/C(=O)NCC3CCCCC3)n2C)c(-c2c(C)c3c(c(F)c2OC(C)(C)C)OCCC3)c1CC(=O)O. The number of aryl methyl sites for hydroxylation is 2. The van der Waals surface area contributed by atoms with E-state index in [-0.39, 0.29) is 23.8 Å². The number of aliphatic carboxylic acids is 1. The van der Waals surface area contributed by atoms with Crippen molar-refractivity contribution < 1.29 is 28.6 Å². The number of carbonyl (C=O) groups is 2. The molecule has 0 bridgehead atoms. The average molecular weight is 606 g/mol. The van der Waals surface area contributed by atoms with E-state index in [2.05, 4.69) is 5.32 Å². The fourth-order valence-corrected chi connectivity index (χ4v) is 6.58. The van der Waals surface area contributed by atoms with Crippen molar-refractivity contribution in [2.24, 2.45) is 13.0 Å². The summed E-state index contributed by atoms with van der Waals surface area (Å²) in [4.78, 5) is 29.7. The van der Waals surface area contributed by atoms with E-state index in [1.54, 1.807) is 13.0 Å². The number of hydrogen-bond donors (Lipinski definition) is 2. The lowest BCUT2D eigenvalue weighted by atomic mass is 9.86. The first-order valence-electron chi connectivity index (χ1n) is 15.7. The second kappa shape index (κ2) is 12.6. The molecule has 44 heavy (non-hydrogen) atoms. The van der Waals surface area contributed by atoms with E-state index in [1.165, 1.54) is 25.3 Å². The molecule has 5 rings (SSSR count). The van der Waals surface area contributed by atoms with Crippen molar-refractivity contribution in [1.82, 2.24) is 14.9 Å². The first-order chi connectivity index (χ1) is 20.9. The molecule has 3 heterocycles. The maximum atomic E-state index is 16.4. The minimum Gasteiger partial charge on any atom is -0.490 e. The van der Waals surface area contributed by atoms with Gasteiger partial charge < -0.3 is 24.5 Å². The summed E-state index contributed by atoms with van der Waals surface area (Å²) in [7, 11) is 1.86. The molecule has 8 nitrogen and oxygen atoms in total. The molecule has 1 fully saturated rings. The van der Waals surface area contributed by atoms with Crippen LogP contribution in [-0.2, 0) is 29.5 Å². The molecule has 0 spiro atoms. The molecule has 3 aromatic rings. The molecular formula is C35H44FN3O5. The molecule has 236 valence electrons. The van der Waals surface area contributed by atoms with E-state index in [0.717, 1.165) is 30.4 Å². The van der Waals surface area contributed by atoms with E-state index >= 15 is 4.39 Å². The average Bonchev–Trinajstić information content (AvgIpc) is 3.29. The number of pyridine rings is 1. The van der Waals surface area contributed by atoms with Gasteiger partial charge in [-0.3, -0.25) is 9.59 Å². The molecule has 1 aromatic carbocycles. The Balaban J connectivity index is 1.67. The predicted molar refractivity (Wildman–Crippen MR) is 170 cm³/mol. The highest BCUT2D eigenvalue weighted by atomic mass is 19.1. The van der Waals surface area contributed by atoms with Crippen LogP contribution < -0.4 is 14.8 Å². The molecule has 0 atom stereocenters. The maximum Gasteiger partial charge on any atom is 0.307 e. The Labute approximate surface area is 258 Å². The van der Waals surface area contributed by atoms with Crippen molar-refractivity contribution in [3.8, 4) is 22.6 Å². The molecule has 1 saturated carbocycles. The van der Waals surface area contributed by atoms with Crippen LogP contribution in [0.5, 0.6) is 11.5 Å². The number of hydrogen-bond acceptors (Lipinski definition) is 5. The molecule has 0 unspecified atom stereocenters. The number of carboxylic acid groups (broad SMARTS) is 1. The number of carbonyl (C=O) groups excluding carboxylic acids is 1. The van der Waals surface area contributed by atoms with Crippen molar-refractivity contribution in [2.45, 2.75) is 91.6 Å². The van der Waals surface area contributed by atoms with Crippen LogP contribution in [0.4, 0.5) is 4.39 Å². The Morgan fingerprint density at radius 3 is 2.59 bits per heavy atom. The third kappa shape index (κ3) is 6.47. The number of aromatic nitrogens is 2. The number of nitrogens with zero attached hydrogens (tertiary/aromatic N) is 2. The van der Waals surface area contributed by atoms with E-state index < -0.39 is 17.4 Å². The van der Waals surface area contributed by atoms with Crippen LogP contribution in [0.1, 0.15) is 87.4 Å². The zero-order valence-corrected chi connectivity index (χ0v) is 26.7. The Bertz CT molecular complexity index is 1630. The van der Waals surface area contributed by atoms with E-state index in [1.807, 2.05) is 45.4 Å². The third-order valence-electron chi connectivity index (χ3n) is 8.75. The van der Waals surface area contributed by atoms with Crippen LogP contribution in [-0.4, -0.2) is 45.3 Å². The third-order valence-corrected chi connectivity index (χ3v) is 8.75. The van der Waals surface area contributed by atoms with E-state index in [4.69, 9.17) is 14.5 Å². The number of nitrogens with one attached hydrogen (secondary N) is 1. The molecule has 0 radical (unpaired) electrons. The number of fused-ring (bicyclic) bond motifs is 2. The van der Waals surface area contributed by atoms with Crippen molar-refractivity contribution in [1.29, 1.82) is 0 Å². The van der Waals surface area contributed by atoms with Gasteiger partial charge in [0.1, 0.15) is 11.2 Å². The summed E-state index contributed by atoms with van der Waals surface area (Å²) < 4.78 is 30.4. The Morgan fingerprint density at radius 1 is 1.18 bits per heavy atom. The predicted octanol–water partition coefficient (Wildman–Crippen LogP) is 6.84. The second-order valence-corrected chi connectivity index (χ2v) is 13.2. The summed E-state index contributed by atoms with van der Waals surface area (Å²) in [5.74, 6) is -0.989. The van der Waals surface area contributed by atoms with Gasteiger partial charge in [-0.25, -0.2) is 4.98 Å². The lowest BCUT2D eigenvalue weighted by molar-refractivity contribution is -0.136. The molecule has 1 amide bonds. The van der Waals surface area contributed by atoms with E-state index in [0.29, 0.717) is 64.6 Å². The fraction of sp³-hybridized carbons (Fsp3) is 0.514. The van der Waals surface area contributed by atoms with Gasteiger partial charge in [-0.05, 0) is 89.5 Å². The van der Waals surface area contributed by atoms with Gasteiger partial charge in [0.15, 0.2) is 11.5 Å². The highest BCUT2D eigenvalue weighted by molar-refractivity contribution is 6.02. The first-order valence-corrected chi connectivity index (χ1v) is 15.7. The number of amides is 1. The second-order valence-electron chi connectivity index (χ2n) is 13.2. The summed E-state index contributed by atoms with van der Waals surface area (Å²) in [6.07, 6.45) is 10.4. The van der Waals surface area contributed by atoms with Gasteiger partial charge in [0.25, 0.3) is 0 Å². The Kier molecular flexibility index (Phi) is 9.05. The minimum atomic E-state index is -1.01. The fourth-order valence-electron chi connectivity index (χ4n) is 6.58. The summed E-state index contributed by atoms with van der Waals surface area (Å²) >= 11 is 0. The van der Waals surface area contributed by atoms with Crippen molar-refractivity contribution in [3.63, 3.8) is 0 Å². The summed E-state index contributed by atoms with van der Waals surface area (Å²) in [5, 5.41) is 13.6. The quantitative estimate of drug-likeness (QED) is 0.273. The normalized spacial score (nSPS) is 15.8. The summed E-state index contributed by atoms with van der Waals surface area (Å²) in [5.41, 5.74) is 4.25. The van der Waals surface area contributed by atoms with Gasteiger partial charge in [-0.2, -0.15) is 4.39 Å². The van der Waals surface area contributed by atoms with Crippen LogP contribution in [0.2, 0.25) is 0 Å². The maximum absolute atomic E-state index is 16.4. The molecule has 9 heteroatoms. The lowest BCUT2D eigenvalue weighted by Gasteiger charge is -2.30. The number of benzene rings is 1. The molecule has 2 aliphatic rings. The monoisotopic (exact) mass is 605 g/mol. The number of carboxylic acids is 1. The van der Waals surface area contributed by atoms with Crippen LogP contribution in [0.25, 0.3) is 28.2 Å². The van der Waals surface area contributed by atoms with Gasteiger partial charge in [0.05, 0.1) is 13.0 Å². The van der Waals surface area contributed by atoms with Gasteiger partial charge >= 0.3 is 5.97 Å². The standard InChI is InChI=1S/C35H44FN3O5/c1-20-24-13-10-16-43-32(24)31(36)33(44-35(3,4)5)29(20)30-25(18-28(41)42)21(2)38-34-26(30)17-23(39(34)6)14-15-27(40)37-19-22-11-8-7-9-12-22/h14-15,17,22H,7-13,16,18-19H2,1-6H3,(H,37,40)(H,41,42)/b15-14+. The Hall–Kier alpha value is -3.88. The molecular weight excluding hydrogens is 561 g/mol. The zero-order valence-electron chi connectivity index (χ0n) is 26.7. The molecule has 1 aliphatic carbocycles. The summed E-state index contributed by atoms with van der Waals surface area (Å²) in [6, 6.07) is 1.89. The van der Waals surface area contributed by atoms with Crippen molar-refractivity contribution in [3.05, 3.63) is 46.0 Å². The molecule has 1 aliphatic heterocycles. The van der Waals surface area contributed by atoms with Gasteiger partial charge in [-0.15, -0.1) is 0 Å². The van der Waals surface area contributed by atoms with Gasteiger partial charge in [0.2, 0.25) is 11.7 Å². The smallest absolute Gasteiger partial charge is 0.307 e. The number of ether oxygens (including phenoxy) is 2. The van der Waals surface area contributed by atoms with E-state index in [9.17, 15) is 14.7 Å². The lowest BCUT2D eigenvalue weighted by Crippen LogP contribution is -2.28. The van der Waals surface area contributed by atoms with Crippen LogP contribution in [0, 0.1) is 25.6 Å². The highest BCUT2D eigenvalue weighted by Gasteiger charge is 2.32. The number of rotatable bonds is 8. The minimum absolute atomic E-state index is 0.0391. The molecule has 0 saturated heterocycles. The zero-order chi connectivity index (χ0) is 31.8. The summed E-state index contributed by atoms with van der Waals surface area (Å²) in [6.45, 7) is 10.3. The van der Waals surface area contributed by atoms with Crippen LogP contribution in [0.3, 0.4) is 0 Å². The molecule has 2 aromatic heterocycles. The topological polar surface area (TPSA) is 103 Å². The van der Waals surface area contributed by atoms with Gasteiger partial charge in [0, 0.05) is 53.1 Å². The Morgan fingerprint density at radius 2 is 1.91 bits per heavy atom. The molecule has 2 N–H and O–H groups in total. The van der Waals surface area contributed by atoms with Crippen LogP contribution >= 0.6 is 0 Å². The van der Waals surface area contributed by atoms with Crippen molar-refractivity contribution in [2.75, 3.05) is 13.2 Å². The number of halogens is 1. The van der Waals surface area contributed by atoms with Gasteiger partial charge in [-0.1, -0.05) is 19.3 Å². The van der Waals surface area contributed by atoms with Crippen molar-refractivity contribution >= 4 is 29.0 Å². The highest BCUT2D eigenvalue weighted by Crippen LogP contribution is 2.49.